The zero-order chi connectivity index (χ0) is 22.5. The highest BCUT2D eigenvalue weighted by Crippen LogP contribution is 2.31. The van der Waals surface area contributed by atoms with Crippen molar-refractivity contribution >= 4 is 28.5 Å². The summed E-state index contributed by atoms with van der Waals surface area (Å²) in [6.45, 7) is 5.47. The molecule has 1 aromatic heterocycles. The zero-order valence-electron chi connectivity index (χ0n) is 18.1. The van der Waals surface area contributed by atoms with Gasteiger partial charge < -0.3 is 19.8 Å². The molecule has 0 spiro atoms. The summed E-state index contributed by atoms with van der Waals surface area (Å²) in [5.74, 6) is 0.0543. The predicted molar refractivity (Wildman–Crippen MR) is 120 cm³/mol. The van der Waals surface area contributed by atoms with E-state index in [0.29, 0.717) is 28.8 Å². The molecule has 2 amide bonds. The summed E-state index contributed by atoms with van der Waals surface area (Å²) in [7, 11) is 1.58. The summed E-state index contributed by atoms with van der Waals surface area (Å²) in [4.78, 5) is 36.2. The second kappa shape index (κ2) is 9.47. The highest BCUT2D eigenvalue weighted by Gasteiger charge is 2.19. The topological polar surface area (TPSA) is 97.6 Å². The first-order chi connectivity index (χ1) is 14.8. The van der Waals surface area contributed by atoms with Crippen molar-refractivity contribution in [2.75, 3.05) is 12.4 Å². The van der Waals surface area contributed by atoms with E-state index in [1.807, 2.05) is 26.0 Å². The normalized spacial score (nSPS) is 11.7. The van der Waals surface area contributed by atoms with Crippen LogP contribution in [-0.4, -0.2) is 25.0 Å². The second-order valence-corrected chi connectivity index (χ2v) is 7.38. The summed E-state index contributed by atoms with van der Waals surface area (Å²) in [6.07, 6.45) is 0.0523. The first-order valence-corrected chi connectivity index (χ1v) is 10.1. The molecule has 2 N–H and O–H groups in total. The van der Waals surface area contributed by atoms with Crippen molar-refractivity contribution < 1.29 is 18.7 Å². The Hall–Kier alpha value is -3.61. The van der Waals surface area contributed by atoms with Crippen molar-refractivity contribution in [3.8, 4) is 5.75 Å². The Bertz CT molecular complexity index is 1180. The number of amides is 2. The third kappa shape index (κ3) is 5.31. The number of anilines is 1. The molecule has 7 nitrogen and oxygen atoms in total. The molecule has 1 heterocycles. The van der Waals surface area contributed by atoms with Gasteiger partial charge in [-0.15, -0.1) is 0 Å². The van der Waals surface area contributed by atoms with E-state index in [2.05, 4.69) is 10.6 Å². The number of carbonyl (C=O) groups is 2. The lowest BCUT2D eigenvalue weighted by Crippen LogP contribution is -2.30. The molecule has 2 aromatic carbocycles. The van der Waals surface area contributed by atoms with E-state index in [-0.39, 0.29) is 18.2 Å². The lowest BCUT2D eigenvalue weighted by molar-refractivity contribution is -0.122. The third-order valence-electron chi connectivity index (χ3n) is 4.93. The van der Waals surface area contributed by atoms with Gasteiger partial charge >= 0.3 is 5.63 Å². The third-order valence-corrected chi connectivity index (χ3v) is 4.93. The fourth-order valence-corrected chi connectivity index (χ4v) is 3.36. The molecular weight excluding hydrogens is 396 g/mol. The van der Waals surface area contributed by atoms with Crippen LogP contribution in [0.5, 0.6) is 5.75 Å². The van der Waals surface area contributed by atoms with Crippen LogP contribution in [0.1, 0.15) is 30.5 Å². The minimum Gasteiger partial charge on any atom is -0.480 e. The van der Waals surface area contributed by atoms with Crippen molar-refractivity contribution in [3.05, 3.63) is 69.6 Å². The van der Waals surface area contributed by atoms with Crippen molar-refractivity contribution in [3.63, 3.8) is 0 Å². The SMILES string of the molecule is CCc1cc(=O)oc2cc(C)cc(OC(C)C(=O)Nc3cccc(CC(=O)NC)c3)c12. The minimum atomic E-state index is -0.802. The van der Waals surface area contributed by atoms with E-state index in [0.717, 1.165) is 16.7 Å². The lowest BCUT2D eigenvalue weighted by atomic mass is 10.0. The van der Waals surface area contributed by atoms with E-state index < -0.39 is 11.7 Å². The number of benzene rings is 2. The van der Waals surface area contributed by atoms with Gasteiger partial charge in [-0.25, -0.2) is 4.79 Å². The smallest absolute Gasteiger partial charge is 0.336 e. The van der Waals surface area contributed by atoms with Crippen LogP contribution >= 0.6 is 0 Å². The van der Waals surface area contributed by atoms with Gasteiger partial charge in [0.05, 0.1) is 11.8 Å². The van der Waals surface area contributed by atoms with Gasteiger partial charge in [0.1, 0.15) is 11.3 Å². The Morgan fingerprint density at radius 2 is 1.94 bits per heavy atom. The number of rotatable bonds is 7. The predicted octanol–water partition coefficient (Wildman–Crippen LogP) is 3.36. The van der Waals surface area contributed by atoms with Crippen molar-refractivity contribution in [2.24, 2.45) is 0 Å². The molecule has 1 unspecified atom stereocenters. The Morgan fingerprint density at radius 1 is 1.16 bits per heavy atom. The number of ether oxygens (including phenoxy) is 1. The highest BCUT2D eigenvalue weighted by atomic mass is 16.5. The highest BCUT2D eigenvalue weighted by molar-refractivity contribution is 5.95. The number of carbonyl (C=O) groups excluding carboxylic acids is 2. The Labute approximate surface area is 180 Å². The number of likely N-dealkylation sites (N-methyl/N-ethyl adjacent to an activating group) is 1. The largest absolute Gasteiger partial charge is 0.480 e. The quantitative estimate of drug-likeness (QED) is 0.569. The number of hydrogen-bond acceptors (Lipinski definition) is 5. The summed E-state index contributed by atoms with van der Waals surface area (Å²) in [5, 5.41) is 6.10. The van der Waals surface area contributed by atoms with Crippen LogP contribution in [-0.2, 0) is 22.4 Å². The first kappa shape index (κ1) is 22.1. The van der Waals surface area contributed by atoms with Crippen LogP contribution in [0.4, 0.5) is 5.69 Å². The van der Waals surface area contributed by atoms with Crippen LogP contribution in [0.2, 0.25) is 0 Å². The van der Waals surface area contributed by atoms with Gasteiger partial charge in [0.25, 0.3) is 5.91 Å². The van der Waals surface area contributed by atoms with Crippen LogP contribution < -0.4 is 21.0 Å². The molecule has 162 valence electrons. The molecule has 3 aromatic rings. The van der Waals surface area contributed by atoms with Gasteiger partial charge in [0.2, 0.25) is 5.91 Å². The van der Waals surface area contributed by atoms with Gasteiger partial charge in [0, 0.05) is 18.8 Å². The molecule has 0 aliphatic rings. The number of aryl methyl sites for hydroxylation is 2. The maximum absolute atomic E-state index is 12.7. The Balaban J connectivity index is 1.82. The van der Waals surface area contributed by atoms with Crippen molar-refractivity contribution in [1.29, 1.82) is 0 Å². The van der Waals surface area contributed by atoms with Gasteiger partial charge in [-0.2, -0.15) is 0 Å². The lowest BCUT2D eigenvalue weighted by Gasteiger charge is -2.18. The molecule has 0 radical (unpaired) electrons. The average molecular weight is 422 g/mol. The van der Waals surface area contributed by atoms with Crippen LogP contribution in [0, 0.1) is 6.92 Å². The average Bonchev–Trinajstić information content (AvgIpc) is 2.72. The second-order valence-electron chi connectivity index (χ2n) is 7.38. The van der Waals surface area contributed by atoms with Crippen molar-refractivity contribution in [1.82, 2.24) is 5.32 Å². The zero-order valence-corrected chi connectivity index (χ0v) is 18.1. The maximum atomic E-state index is 12.7. The van der Waals surface area contributed by atoms with E-state index in [1.165, 1.54) is 6.07 Å². The molecule has 0 bridgehead atoms. The van der Waals surface area contributed by atoms with E-state index >= 15 is 0 Å². The summed E-state index contributed by atoms with van der Waals surface area (Å²) >= 11 is 0. The van der Waals surface area contributed by atoms with Gasteiger partial charge in [0.15, 0.2) is 6.10 Å². The fourth-order valence-electron chi connectivity index (χ4n) is 3.36. The number of fused-ring (bicyclic) bond motifs is 1. The molecule has 0 aliphatic heterocycles. The van der Waals surface area contributed by atoms with Crippen molar-refractivity contribution in [2.45, 2.75) is 39.7 Å². The monoisotopic (exact) mass is 422 g/mol. The Kier molecular flexibility index (Phi) is 6.74. The first-order valence-electron chi connectivity index (χ1n) is 10.1. The molecule has 1 atom stereocenters. The number of hydrogen-bond donors (Lipinski definition) is 2. The van der Waals surface area contributed by atoms with Gasteiger partial charge in [-0.1, -0.05) is 19.1 Å². The molecule has 3 rings (SSSR count). The summed E-state index contributed by atoms with van der Waals surface area (Å²) in [6, 6.07) is 12.2. The molecular formula is C24H26N2O5. The van der Waals surface area contributed by atoms with E-state index in [4.69, 9.17) is 9.15 Å². The summed E-state index contributed by atoms with van der Waals surface area (Å²) in [5.41, 5.74) is 3.05. The molecule has 31 heavy (non-hydrogen) atoms. The Morgan fingerprint density at radius 3 is 2.65 bits per heavy atom. The molecule has 0 aliphatic carbocycles. The molecule has 0 fully saturated rings. The fraction of sp³-hybridized carbons (Fsp3) is 0.292. The van der Waals surface area contributed by atoms with Crippen LogP contribution in [0.15, 0.2) is 51.7 Å². The van der Waals surface area contributed by atoms with E-state index in [9.17, 15) is 14.4 Å². The van der Waals surface area contributed by atoms with E-state index in [1.54, 1.807) is 38.2 Å². The standard InChI is InChI=1S/C24H26N2O5/c1-5-17-13-22(28)31-20-10-14(2)9-19(23(17)20)30-15(3)24(29)26-18-8-6-7-16(11-18)12-21(27)25-4/h6-11,13,15H,5,12H2,1-4H3,(H,25,27)(H,26,29). The summed E-state index contributed by atoms with van der Waals surface area (Å²) < 4.78 is 11.3. The number of nitrogens with one attached hydrogen (secondary N) is 2. The van der Waals surface area contributed by atoms with Crippen LogP contribution in [0.3, 0.4) is 0 Å². The molecule has 7 heteroatoms. The molecule has 0 saturated heterocycles. The van der Waals surface area contributed by atoms with Crippen LogP contribution in [0.25, 0.3) is 11.0 Å². The van der Waals surface area contributed by atoms with Gasteiger partial charge in [-0.05, 0) is 61.2 Å². The minimum absolute atomic E-state index is 0.107. The maximum Gasteiger partial charge on any atom is 0.336 e. The van der Waals surface area contributed by atoms with Gasteiger partial charge in [-0.3, -0.25) is 9.59 Å². The molecule has 0 saturated carbocycles.